The Hall–Kier alpha value is -2.52. The van der Waals surface area contributed by atoms with Crippen LogP contribution in [0.4, 0.5) is 0 Å². The van der Waals surface area contributed by atoms with Crippen LogP contribution >= 0.6 is 11.8 Å². The second kappa shape index (κ2) is 6.96. The van der Waals surface area contributed by atoms with Crippen LogP contribution < -0.4 is 5.56 Å². The van der Waals surface area contributed by atoms with Crippen LogP contribution in [0.5, 0.6) is 0 Å². The summed E-state index contributed by atoms with van der Waals surface area (Å²) in [6, 6.07) is 10.4. The Labute approximate surface area is 131 Å². The molecule has 0 aliphatic heterocycles. The van der Waals surface area contributed by atoms with Crippen molar-refractivity contribution in [1.29, 1.82) is 5.26 Å². The Morgan fingerprint density at radius 2 is 2.05 bits per heavy atom. The number of nitrogens with one attached hydrogen (secondary N) is 1. The van der Waals surface area contributed by atoms with E-state index in [1.165, 1.54) is 11.8 Å². The molecule has 0 fully saturated rings. The predicted octanol–water partition coefficient (Wildman–Crippen LogP) is 2.81. The number of hydrogen-bond acceptors (Lipinski definition) is 5. The molecule has 0 radical (unpaired) electrons. The first-order chi connectivity index (χ1) is 10.6. The second-order valence-corrected chi connectivity index (χ2v) is 5.21. The largest absolute Gasteiger partial charge is 0.462 e. The molecule has 22 heavy (non-hydrogen) atoms. The number of aromatic nitrogens is 1. The lowest BCUT2D eigenvalue weighted by molar-refractivity contribution is 0.0526. The number of esters is 1. The minimum absolute atomic E-state index is 0.111. The molecular formula is C16H14N2O3S. The highest BCUT2D eigenvalue weighted by Crippen LogP contribution is 2.23. The van der Waals surface area contributed by atoms with E-state index < -0.39 is 5.56 Å². The average molecular weight is 314 g/mol. The number of ether oxygens (including phenoxy) is 1. The number of hydrogen-bond donors (Lipinski definition) is 1. The van der Waals surface area contributed by atoms with Crippen LogP contribution in [0.2, 0.25) is 0 Å². The van der Waals surface area contributed by atoms with E-state index in [-0.39, 0.29) is 11.5 Å². The molecule has 0 saturated heterocycles. The van der Waals surface area contributed by atoms with E-state index in [0.717, 1.165) is 5.56 Å². The number of aromatic amines is 1. The first kappa shape index (κ1) is 15.9. The number of benzene rings is 1. The van der Waals surface area contributed by atoms with Gasteiger partial charge in [0.1, 0.15) is 11.6 Å². The van der Waals surface area contributed by atoms with Crippen molar-refractivity contribution in [1.82, 2.24) is 4.98 Å². The van der Waals surface area contributed by atoms with Crippen LogP contribution in [0.25, 0.3) is 11.3 Å². The molecule has 0 aliphatic rings. The zero-order valence-electron chi connectivity index (χ0n) is 12.2. The van der Waals surface area contributed by atoms with Gasteiger partial charge >= 0.3 is 5.97 Å². The molecule has 1 N–H and O–H groups in total. The Morgan fingerprint density at radius 3 is 2.59 bits per heavy atom. The van der Waals surface area contributed by atoms with Gasteiger partial charge in [-0.25, -0.2) is 4.79 Å². The fraction of sp³-hybridized carbons (Fsp3) is 0.188. The number of pyridine rings is 1. The highest BCUT2D eigenvalue weighted by molar-refractivity contribution is 7.98. The Kier molecular flexibility index (Phi) is 5.02. The lowest BCUT2D eigenvalue weighted by Gasteiger charge is -2.07. The fourth-order valence-corrected chi connectivity index (χ4v) is 2.54. The molecule has 0 spiro atoms. The van der Waals surface area contributed by atoms with Gasteiger partial charge in [0.05, 0.1) is 12.2 Å². The zero-order chi connectivity index (χ0) is 16.1. The molecule has 112 valence electrons. The Balaban J connectivity index is 2.41. The molecular weight excluding hydrogens is 300 g/mol. The lowest BCUT2D eigenvalue weighted by atomic mass is 10.1. The van der Waals surface area contributed by atoms with Crippen molar-refractivity contribution in [2.24, 2.45) is 0 Å². The van der Waals surface area contributed by atoms with Crippen LogP contribution in [0, 0.1) is 11.3 Å². The molecule has 1 aromatic carbocycles. The van der Waals surface area contributed by atoms with Crippen molar-refractivity contribution in [2.45, 2.75) is 11.8 Å². The third kappa shape index (κ3) is 3.21. The minimum Gasteiger partial charge on any atom is -0.462 e. The minimum atomic E-state index is -0.418. The number of nitriles is 1. The third-order valence-electron chi connectivity index (χ3n) is 3.04. The van der Waals surface area contributed by atoms with Crippen molar-refractivity contribution in [3.05, 3.63) is 51.8 Å². The smallest absolute Gasteiger partial charge is 0.338 e. The molecule has 0 aliphatic carbocycles. The van der Waals surface area contributed by atoms with Crippen molar-refractivity contribution < 1.29 is 9.53 Å². The van der Waals surface area contributed by atoms with Crippen LogP contribution in [-0.2, 0) is 4.74 Å². The van der Waals surface area contributed by atoms with E-state index in [9.17, 15) is 9.59 Å². The number of nitrogens with zero attached hydrogens (tertiary/aromatic N) is 1. The maximum absolute atomic E-state index is 11.9. The van der Waals surface area contributed by atoms with Gasteiger partial charge < -0.3 is 9.72 Å². The van der Waals surface area contributed by atoms with E-state index in [1.54, 1.807) is 37.3 Å². The van der Waals surface area contributed by atoms with Crippen molar-refractivity contribution >= 4 is 17.7 Å². The zero-order valence-corrected chi connectivity index (χ0v) is 13.0. The highest BCUT2D eigenvalue weighted by Gasteiger charge is 2.11. The average Bonchev–Trinajstić information content (AvgIpc) is 2.54. The van der Waals surface area contributed by atoms with Gasteiger partial charge in [0.25, 0.3) is 5.56 Å². The third-order valence-corrected chi connectivity index (χ3v) is 3.80. The molecule has 2 aromatic rings. The summed E-state index contributed by atoms with van der Waals surface area (Å²) in [6.07, 6.45) is 1.81. The Bertz CT molecular complexity index is 789. The normalized spacial score (nSPS) is 10.0. The fourth-order valence-electron chi connectivity index (χ4n) is 1.96. The maximum atomic E-state index is 11.9. The van der Waals surface area contributed by atoms with Crippen molar-refractivity contribution in [2.75, 3.05) is 12.9 Å². The summed E-state index contributed by atoms with van der Waals surface area (Å²) in [4.78, 5) is 26.8. The standard InChI is InChI=1S/C16H14N2O3S/c1-3-21-16(20)11-6-4-10(5-7-11)13-8-14(22-2)12(9-17)15(19)18-13/h4-8H,3H2,1-2H3,(H,18,19). The molecule has 0 amide bonds. The molecule has 5 nitrogen and oxygen atoms in total. The van der Waals surface area contributed by atoms with Gasteiger partial charge in [0.2, 0.25) is 0 Å². The summed E-state index contributed by atoms with van der Waals surface area (Å²) in [5, 5.41) is 9.01. The molecule has 0 saturated carbocycles. The van der Waals surface area contributed by atoms with Gasteiger partial charge in [-0.1, -0.05) is 12.1 Å². The number of rotatable bonds is 4. The van der Waals surface area contributed by atoms with Crippen LogP contribution in [0.15, 0.2) is 40.0 Å². The van der Waals surface area contributed by atoms with E-state index in [0.29, 0.717) is 22.8 Å². The molecule has 0 unspecified atom stereocenters. The van der Waals surface area contributed by atoms with Gasteiger partial charge in [-0.3, -0.25) is 4.79 Å². The molecule has 1 aromatic heterocycles. The summed E-state index contributed by atoms with van der Waals surface area (Å²) in [5.41, 5.74) is 1.50. The molecule has 1 heterocycles. The van der Waals surface area contributed by atoms with E-state index >= 15 is 0 Å². The van der Waals surface area contributed by atoms with E-state index in [1.807, 2.05) is 12.3 Å². The molecule has 0 atom stereocenters. The summed E-state index contributed by atoms with van der Waals surface area (Å²) in [7, 11) is 0. The van der Waals surface area contributed by atoms with Gasteiger partial charge in [-0.05, 0) is 36.9 Å². The predicted molar refractivity (Wildman–Crippen MR) is 85.0 cm³/mol. The summed E-state index contributed by atoms with van der Waals surface area (Å²) < 4.78 is 4.92. The van der Waals surface area contributed by atoms with Crippen LogP contribution in [0.3, 0.4) is 0 Å². The second-order valence-electron chi connectivity index (χ2n) is 4.37. The number of carbonyl (C=O) groups excluding carboxylic acids is 1. The first-order valence-electron chi connectivity index (χ1n) is 6.59. The summed E-state index contributed by atoms with van der Waals surface area (Å²) in [6.45, 7) is 2.07. The number of H-pyrrole nitrogens is 1. The van der Waals surface area contributed by atoms with E-state index in [4.69, 9.17) is 10.00 Å². The van der Waals surface area contributed by atoms with E-state index in [2.05, 4.69) is 4.98 Å². The molecule has 6 heteroatoms. The summed E-state index contributed by atoms with van der Waals surface area (Å²) in [5.74, 6) is -0.382. The van der Waals surface area contributed by atoms with Gasteiger partial charge in [-0.2, -0.15) is 5.26 Å². The number of carbonyl (C=O) groups is 1. The summed E-state index contributed by atoms with van der Waals surface area (Å²) >= 11 is 1.34. The maximum Gasteiger partial charge on any atom is 0.338 e. The SMILES string of the molecule is CCOC(=O)c1ccc(-c2cc(SC)c(C#N)c(=O)[nH]2)cc1. The van der Waals surface area contributed by atoms with Crippen molar-refractivity contribution in [3.63, 3.8) is 0 Å². The van der Waals surface area contributed by atoms with Crippen LogP contribution in [0.1, 0.15) is 22.8 Å². The number of thioether (sulfide) groups is 1. The quantitative estimate of drug-likeness (QED) is 0.693. The highest BCUT2D eigenvalue weighted by atomic mass is 32.2. The van der Waals surface area contributed by atoms with Gasteiger partial charge in [0, 0.05) is 10.6 Å². The van der Waals surface area contributed by atoms with Crippen LogP contribution in [-0.4, -0.2) is 23.8 Å². The monoisotopic (exact) mass is 314 g/mol. The molecule has 2 rings (SSSR count). The van der Waals surface area contributed by atoms with Gasteiger partial charge in [-0.15, -0.1) is 11.8 Å². The first-order valence-corrected chi connectivity index (χ1v) is 7.82. The van der Waals surface area contributed by atoms with Crippen molar-refractivity contribution in [3.8, 4) is 17.3 Å². The molecule has 0 bridgehead atoms. The topological polar surface area (TPSA) is 82.9 Å². The van der Waals surface area contributed by atoms with Gasteiger partial charge in [0.15, 0.2) is 0 Å². The Morgan fingerprint density at radius 1 is 1.36 bits per heavy atom. The lowest BCUT2D eigenvalue weighted by Crippen LogP contribution is -2.12.